The second-order valence-electron chi connectivity index (χ2n) is 4.03. The van der Waals surface area contributed by atoms with Crippen LogP contribution >= 0.6 is 0 Å². The zero-order valence-electron chi connectivity index (χ0n) is 9.24. The lowest BCUT2D eigenvalue weighted by molar-refractivity contribution is -0.114. The van der Waals surface area contributed by atoms with Gasteiger partial charge in [0.05, 0.1) is 18.7 Å². The van der Waals surface area contributed by atoms with Crippen molar-refractivity contribution in [3.8, 4) is 5.75 Å². The van der Waals surface area contributed by atoms with Gasteiger partial charge >= 0.3 is 0 Å². The molecule has 92 valence electrons. The van der Waals surface area contributed by atoms with Crippen molar-refractivity contribution >= 4 is 11.7 Å². The molecule has 0 saturated heterocycles. The number of hydrogen-bond donors (Lipinski definition) is 1. The molecule has 1 unspecified atom stereocenters. The van der Waals surface area contributed by atoms with Gasteiger partial charge in [0.15, 0.2) is 0 Å². The van der Waals surface area contributed by atoms with Gasteiger partial charge in [-0.1, -0.05) is 0 Å². The topological polar surface area (TPSA) is 51.2 Å². The number of nitrogens with zero attached hydrogens (tertiary/aromatic N) is 1. The second-order valence-corrected chi connectivity index (χ2v) is 4.03. The van der Waals surface area contributed by atoms with Gasteiger partial charge in [0.25, 0.3) is 5.92 Å². The highest BCUT2D eigenvalue weighted by molar-refractivity contribution is 5.87. The molecule has 1 aliphatic carbocycles. The second kappa shape index (κ2) is 4.27. The number of pyridine rings is 1. The molecule has 1 aromatic heterocycles. The van der Waals surface area contributed by atoms with Gasteiger partial charge < -0.3 is 10.1 Å². The molecule has 17 heavy (non-hydrogen) atoms. The van der Waals surface area contributed by atoms with E-state index in [0.717, 1.165) is 0 Å². The quantitative estimate of drug-likeness (QED) is 0.879. The number of nitrogens with one attached hydrogen (secondary N) is 1. The summed E-state index contributed by atoms with van der Waals surface area (Å²) in [5.41, 5.74) is 0. The van der Waals surface area contributed by atoms with Gasteiger partial charge in [0.2, 0.25) is 5.91 Å². The molecule has 1 saturated carbocycles. The number of ether oxygens (including phenoxy) is 1. The summed E-state index contributed by atoms with van der Waals surface area (Å²) in [6, 6.07) is 3.14. The number of carbonyl (C=O) groups excluding carboxylic acids is 1. The van der Waals surface area contributed by atoms with Crippen molar-refractivity contribution in [3.05, 3.63) is 18.3 Å². The average Bonchev–Trinajstić information content (AvgIpc) is 2.85. The van der Waals surface area contributed by atoms with Gasteiger partial charge in [-0.3, -0.25) is 4.79 Å². The van der Waals surface area contributed by atoms with E-state index >= 15 is 0 Å². The maximum Gasteiger partial charge on any atom is 0.255 e. The van der Waals surface area contributed by atoms with Crippen LogP contribution in [-0.4, -0.2) is 23.4 Å². The van der Waals surface area contributed by atoms with Crippen molar-refractivity contribution in [2.24, 2.45) is 5.92 Å². The fourth-order valence-electron chi connectivity index (χ4n) is 1.37. The molecule has 0 bridgehead atoms. The first kappa shape index (κ1) is 11.8. The summed E-state index contributed by atoms with van der Waals surface area (Å²) < 4.78 is 30.3. The Kier molecular flexibility index (Phi) is 2.95. The summed E-state index contributed by atoms with van der Waals surface area (Å²) in [5, 5.41) is 2.50. The van der Waals surface area contributed by atoms with Gasteiger partial charge in [-0.05, 0) is 12.1 Å². The Morgan fingerprint density at radius 3 is 2.82 bits per heavy atom. The minimum absolute atomic E-state index is 0.00579. The lowest BCUT2D eigenvalue weighted by Gasteiger charge is -2.06. The number of anilines is 1. The van der Waals surface area contributed by atoms with E-state index in [1.807, 2.05) is 0 Å². The summed E-state index contributed by atoms with van der Waals surface area (Å²) in [6.45, 7) is 1.37. The number of aromatic nitrogens is 1. The normalized spacial score (nSPS) is 20.8. The number of hydrogen-bond acceptors (Lipinski definition) is 3. The number of amides is 1. The van der Waals surface area contributed by atoms with E-state index in [1.54, 1.807) is 12.1 Å². The fraction of sp³-hybridized carbons (Fsp3) is 0.455. The highest BCUT2D eigenvalue weighted by atomic mass is 19.3. The number of carbonyl (C=O) groups is 1. The van der Waals surface area contributed by atoms with Crippen LogP contribution in [-0.2, 0) is 4.79 Å². The average molecular weight is 242 g/mol. The van der Waals surface area contributed by atoms with E-state index in [0.29, 0.717) is 11.6 Å². The summed E-state index contributed by atoms with van der Waals surface area (Å²) in [4.78, 5) is 14.6. The van der Waals surface area contributed by atoms with Gasteiger partial charge in [0.1, 0.15) is 11.6 Å². The summed E-state index contributed by atoms with van der Waals surface area (Å²) in [5.74, 6) is -2.64. The van der Waals surface area contributed by atoms with Gasteiger partial charge in [-0.15, -0.1) is 0 Å². The molecule has 0 spiro atoms. The van der Waals surface area contributed by atoms with E-state index < -0.39 is 11.8 Å². The van der Waals surface area contributed by atoms with Crippen LogP contribution in [0, 0.1) is 5.92 Å². The Morgan fingerprint density at radius 1 is 1.65 bits per heavy atom. The maximum absolute atomic E-state index is 12.6. The molecule has 1 fully saturated rings. The van der Waals surface area contributed by atoms with Crippen LogP contribution in [0.4, 0.5) is 14.6 Å². The molecule has 6 heteroatoms. The highest BCUT2D eigenvalue weighted by Crippen LogP contribution is 2.48. The standard InChI is InChI=1S/C11H12F2N2O2/c1-7(16)15-10-3-2-9(5-14-10)17-6-8-4-11(8,12)13/h2-3,5,8H,4,6H2,1H3,(H,14,15,16). The van der Waals surface area contributed by atoms with Crippen LogP contribution in [0.1, 0.15) is 13.3 Å². The third kappa shape index (κ3) is 3.12. The van der Waals surface area contributed by atoms with Crippen LogP contribution in [0.3, 0.4) is 0 Å². The van der Waals surface area contributed by atoms with Crippen LogP contribution in [0.5, 0.6) is 5.75 Å². The Bertz CT molecular complexity index is 420. The van der Waals surface area contributed by atoms with Crippen LogP contribution < -0.4 is 10.1 Å². The molecule has 0 aromatic carbocycles. The molecule has 4 nitrogen and oxygen atoms in total. The minimum Gasteiger partial charge on any atom is -0.491 e. The molecule has 2 rings (SSSR count). The molecular formula is C11H12F2N2O2. The number of rotatable bonds is 4. The predicted octanol–water partition coefficient (Wildman–Crippen LogP) is 2.07. The Balaban J connectivity index is 1.84. The molecule has 0 radical (unpaired) electrons. The predicted molar refractivity (Wildman–Crippen MR) is 57.1 cm³/mol. The van der Waals surface area contributed by atoms with Gasteiger partial charge in [0, 0.05) is 13.3 Å². The number of alkyl halides is 2. The fourth-order valence-corrected chi connectivity index (χ4v) is 1.37. The highest BCUT2D eigenvalue weighted by Gasteiger charge is 2.57. The minimum atomic E-state index is -2.57. The lowest BCUT2D eigenvalue weighted by Crippen LogP contribution is -2.08. The van der Waals surface area contributed by atoms with Crippen molar-refractivity contribution < 1.29 is 18.3 Å². The largest absolute Gasteiger partial charge is 0.491 e. The maximum atomic E-state index is 12.6. The molecule has 1 N–H and O–H groups in total. The van der Waals surface area contributed by atoms with E-state index in [1.165, 1.54) is 13.1 Å². The third-order valence-corrected chi connectivity index (χ3v) is 2.45. The molecular weight excluding hydrogens is 230 g/mol. The first-order valence-corrected chi connectivity index (χ1v) is 5.21. The first-order valence-electron chi connectivity index (χ1n) is 5.21. The number of halogens is 2. The van der Waals surface area contributed by atoms with Gasteiger partial charge in [-0.2, -0.15) is 0 Å². The zero-order chi connectivity index (χ0) is 12.5. The smallest absolute Gasteiger partial charge is 0.255 e. The van der Waals surface area contributed by atoms with Crippen LogP contribution in [0.2, 0.25) is 0 Å². The summed E-state index contributed by atoms with van der Waals surface area (Å²) in [6.07, 6.45) is 1.29. The van der Waals surface area contributed by atoms with Crippen molar-refractivity contribution in [2.75, 3.05) is 11.9 Å². The summed E-state index contributed by atoms with van der Waals surface area (Å²) in [7, 11) is 0. The van der Waals surface area contributed by atoms with E-state index in [4.69, 9.17) is 4.74 Å². The SMILES string of the molecule is CC(=O)Nc1ccc(OCC2CC2(F)F)cn1. The molecule has 1 amide bonds. The van der Waals surface area contributed by atoms with Crippen molar-refractivity contribution in [2.45, 2.75) is 19.3 Å². The van der Waals surface area contributed by atoms with Crippen molar-refractivity contribution in [3.63, 3.8) is 0 Å². The summed E-state index contributed by atoms with van der Waals surface area (Å²) >= 11 is 0. The first-order chi connectivity index (χ1) is 7.97. The molecule has 1 atom stereocenters. The van der Waals surface area contributed by atoms with E-state index in [9.17, 15) is 13.6 Å². The molecule has 1 heterocycles. The monoisotopic (exact) mass is 242 g/mol. The van der Waals surface area contributed by atoms with Crippen molar-refractivity contribution in [1.29, 1.82) is 0 Å². The zero-order valence-corrected chi connectivity index (χ0v) is 9.24. The molecule has 0 aliphatic heterocycles. The third-order valence-electron chi connectivity index (χ3n) is 2.45. The van der Waals surface area contributed by atoms with E-state index in [-0.39, 0.29) is 18.9 Å². The van der Waals surface area contributed by atoms with Crippen LogP contribution in [0.15, 0.2) is 18.3 Å². The van der Waals surface area contributed by atoms with E-state index in [2.05, 4.69) is 10.3 Å². The van der Waals surface area contributed by atoms with Crippen LogP contribution in [0.25, 0.3) is 0 Å². The Hall–Kier alpha value is -1.72. The van der Waals surface area contributed by atoms with Crippen molar-refractivity contribution in [1.82, 2.24) is 4.98 Å². The molecule has 1 aliphatic rings. The van der Waals surface area contributed by atoms with Gasteiger partial charge in [-0.25, -0.2) is 13.8 Å². The Morgan fingerprint density at radius 2 is 2.35 bits per heavy atom. The lowest BCUT2D eigenvalue weighted by atomic mass is 10.4. The Labute approximate surface area is 97.0 Å². The molecule has 1 aromatic rings.